The van der Waals surface area contributed by atoms with Gasteiger partial charge in [-0.3, -0.25) is 19.6 Å². The molecule has 0 unspecified atom stereocenters. The van der Waals surface area contributed by atoms with Crippen LogP contribution in [0.1, 0.15) is 159 Å². The highest BCUT2D eigenvalue weighted by Crippen LogP contribution is 2.34. The maximum Gasteiger partial charge on any atom is 0.356 e. The van der Waals surface area contributed by atoms with Gasteiger partial charge in [0, 0.05) is 34.2 Å². The summed E-state index contributed by atoms with van der Waals surface area (Å²) in [4.78, 5) is 53.4. The molecule has 0 spiro atoms. The number of nitrogens with one attached hydrogen (secondary N) is 2. The number of carbonyl (C=O) groups excluding carboxylic acids is 2. The molecule has 2 aliphatic rings. The molecule has 52 heavy (non-hydrogen) atoms. The molecule has 0 radical (unpaired) electrons. The molecule has 2 fully saturated rings. The minimum Gasteiger partial charge on any atom is -0.307 e. The average Bonchev–Trinajstić information content (AvgIpc) is 3.00. The van der Waals surface area contributed by atoms with Gasteiger partial charge in [-0.05, 0) is 146 Å². The Labute approximate surface area is 316 Å². The predicted molar refractivity (Wildman–Crippen MR) is 208 cm³/mol. The zero-order valence-electron chi connectivity index (χ0n) is 35.3. The lowest BCUT2D eigenvalue weighted by atomic mass is 9.79. The highest BCUT2D eigenvalue weighted by molar-refractivity contribution is 5.71. The number of rotatable bonds is 18. The van der Waals surface area contributed by atoms with E-state index in [1.165, 1.54) is 0 Å². The number of benzene rings is 1. The lowest BCUT2D eigenvalue weighted by Crippen LogP contribution is -2.62. The second kappa shape index (κ2) is 17.6. The fraction of sp³-hybridized carbons (Fsp3) is 0.810. The van der Waals surface area contributed by atoms with Gasteiger partial charge in [0.25, 0.3) is 0 Å². The molecule has 0 amide bonds. The van der Waals surface area contributed by atoms with Crippen molar-refractivity contribution in [3.63, 3.8) is 0 Å². The largest absolute Gasteiger partial charge is 0.356 e. The van der Waals surface area contributed by atoms with Crippen LogP contribution in [0, 0.1) is 0 Å². The molecule has 2 N–H and O–H groups in total. The molecule has 2 aliphatic heterocycles. The van der Waals surface area contributed by atoms with Gasteiger partial charge in [0.1, 0.15) is 24.3 Å². The van der Waals surface area contributed by atoms with Crippen LogP contribution >= 0.6 is 0 Å². The van der Waals surface area contributed by atoms with Gasteiger partial charge in [-0.15, -0.1) is 0 Å². The van der Waals surface area contributed by atoms with Gasteiger partial charge in [-0.1, -0.05) is 51.0 Å². The Bertz CT molecular complexity index is 1170. The van der Waals surface area contributed by atoms with E-state index < -0.39 is 23.1 Å². The third-order valence-electron chi connectivity index (χ3n) is 10.6. The molecule has 298 valence electrons. The molecule has 10 heteroatoms. The van der Waals surface area contributed by atoms with E-state index >= 15 is 0 Å². The minimum atomic E-state index is -0.891. The molecular weight excluding hydrogens is 656 g/mol. The number of unbranched alkanes of at least 4 members (excludes halogenated alkanes) is 2. The standard InChI is InChI=1S/C42H74N4O6/c1-15-17-23-45(33-25-37(3,4)43-38(5,6)26-33)29-35(47)49-51-41(11,12)31-19-21-32(22-20-31)42(13,14)52-50-36(48)30-46(24-18-16-2)34-27-39(7,8)44-40(9,10)28-34/h19-22,33-34,43-44H,15-18,23-30H2,1-14H3. The fourth-order valence-electron chi connectivity index (χ4n) is 8.61. The Morgan fingerprint density at radius 1 is 0.615 bits per heavy atom. The van der Waals surface area contributed by atoms with Crippen LogP contribution in [0.25, 0.3) is 0 Å². The van der Waals surface area contributed by atoms with E-state index in [0.717, 1.165) is 75.6 Å². The van der Waals surface area contributed by atoms with Gasteiger partial charge in [-0.2, -0.15) is 9.78 Å². The Morgan fingerprint density at radius 3 is 1.17 bits per heavy atom. The van der Waals surface area contributed by atoms with Gasteiger partial charge in [0.15, 0.2) is 0 Å². The molecule has 1 aromatic carbocycles. The van der Waals surface area contributed by atoms with Crippen molar-refractivity contribution >= 4 is 11.9 Å². The molecule has 0 aromatic heterocycles. The van der Waals surface area contributed by atoms with Gasteiger partial charge in [0.05, 0.1) is 0 Å². The predicted octanol–water partition coefficient (Wildman–Crippen LogP) is 7.93. The van der Waals surface area contributed by atoms with Crippen molar-refractivity contribution in [3.8, 4) is 0 Å². The molecule has 3 rings (SSSR count). The summed E-state index contributed by atoms with van der Waals surface area (Å²) < 4.78 is 0. The second-order valence-electron chi connectivity index (χ2n) is 19.2. The molecule has 2 saturated heterocycles. The quantitative estimate of drug-likeness (QED) is 0.114. The van der Waals surface area contributed by atoms with Crippen LogP contribution in [0.5, 0.6) is 0 Å². The smallest absolute Gasteiger partial charge is 0.307 e. The van der Waals surface area contributed by atoms with Crippen molar-refractivity contribution in [2.45, 2.75) is 194 Å². The summed E-state index contributed by atoms with van der Waals surface area (Å²) in [6.07, 6.45) is 7.97. The van der Waals surface area contributed by atoms with Crippen molar-refractivity contribution < 1.29 is 29.1 Å². The first kappa shape index (κ1) is 44.3. The first-order chi connectivity index (χ1) is 23.9. The van der Waals surface area contributed by atoms with Gasteiger partial charge in [0.2, 0.25) is 0 Å². The first-order valence-corrected chi connectivity index (χ1v) is 19.8. The van der Waals surface area contributed by atoms with Gasteiger partial charge in [-0.25, -0.2) is 9.59 Å². The molecular formula is C42H74N4O6. The topological polar surface area (TPSA) is 102 Å². The zero-order chi connectivity index (χ0) is 39.2. The van der Waals surface area contributed by atoms with E-state index in [-0.39, 0.29) is 47.3 Å². The molecule has 1 aromatic rings. The molecule has 0 bridgehead atoms. The summed E-state index contributed by atoms with van der Waals surface area (Å²) in [6, 6.07) is 8.24. The van der Waals surface area contributed by atoms with Crippen LogP contribution in [-0.2, 0) is 40.3 Å². The molecule has 0 saturated carbocycles. The van der Waals surface area contributed by atoms with E-state index in [1.54, 1.807) is 0 Å². The number of carbonyl (C=O) groups is 2. The number of nitrogens with zero attached hydrogens (tertiary/aromatic N) is 2. The highest BCUT2D eigenvalue weighted by atomic mass is 17.2. The Morgan fingerprint density at radius 2 is 0.904 bits per heavy atom. The highest BCUT2D eigenvalue weighted by Gasteiger charge is 2.42. The van der Waals surface area contributed by atoms with Crippen molar-refractivity contribution in [3.05, 3.63) is 35.4 Å². The summed E-state index contributed by atoms with van der Waals surface area (Å²) in [6.45, 7) is 31.7. The first-order valence-electron chi connectivity index (χ1n) is 19.8. The van der Waals surface area contributed by atoms with Gasteiger partial charge >= 0.3 is 11.9 Å². The lowest BCUT2D eigenvalue weighted by molar-refractivity contribution is -0.330. The van der Waals surface area contributed by atoms with E-state index in [4.69, 9.17) is 19.6 Å². The van der Waals surface area contributed by atoms with Crippen LogP contribution in [0.15, 0.2) is 24.3 Å². The monoisotopic (exact) mass is 731 g/mol. The zero-order valence-corrected chi connectivity index (χ0v) is 35.3. The van der Waals surface area contributed by atoms with Crippen molar-refractivity contribution in [1.82, 2.24) is 20.4 Å². The van der Waals surface area contributed by atoms with Crippen molar-refractivity contribution in [1.29, 1.82) is 0 Å². The number of hydrogen-bond acceptors (Lipinski definition) is 10. The fourth-order valence-corrected chi connectivity index (χ4v) is 8.61. The second-order valence-corrected chi connectivity index (χ2v) is 19.2. The molecule has 10 nitrogen and oxygen atoms in total. The summed E-state index contributed by atoms with van der Waals surface area (Å²) in [5.74, 6) is -0.792. The molecule has 0 aliphatic carbocycles. The molecule has 0 atom stereocenters. The van der Waals surface area contributed by atoms with E-state index in [0.29, 0.717) is 0 Å². The van der Waals surface area contributed by atoms with Crippen molar-refractivity contribution in [2.75, 3.05) is 26.2 Å². The van der Waals surface area contributed by atoms with Crippen LogP contribution in [0.4, 0.5) is 0 Å². The van der Waals surface area contributed by atoms with Crippen LogP contribution < -0.4 is 10.6 Å². The number of hydrogen-bond donors (Lipinski definition) is 2. The van der Waals surface area contributed by atoms with E-state index in [9.17, 15) is 9.59 Å². The SMILES string of the molecule is CCCCN(CC(=O)OOC(C)(C)c1ccc(C(C)(C)OOC(=O)CN(CCCC)C2CC(C)(C)NC(C)(C)C2)cc1)C1CC(C)(C)NC(C)(C)C1. The lowest BCUT2D eigenvalue weighted by Gasteiger charge is -2.49. The van der Waals surface area contributed by atoms with Crippen LogP contribution in [0.3, 0.4) is 0 Å². The third-order valence-corrected chi connectivity index (χ3v) is 10.6. The van der Waals surface area contributed by atoms with Gasteiger partial charge < -0.3 is 10.6 Å². The van der Waals surface area contributed by atoms with E-state index in [2.05, 4.69) is 89.7 Å². The number of piperidine rings is 2. The average molecular weight is 731 g/mol. The third kappa shape index (κ3) is 13.6. The summed E-state index contributed by atoms with van der Waals surface area (Å²) in [5, 5.41) is 7.48. The van der Waals surface area contributed by atoms with Crippen LogP contribution in [0.2, 0.25) is 0 Å². The minimum absolute atomic E-state index is 0.0237. The van der Waals surface area contributed by atoms with Crippen molar-refractivity contribution in [2.24, 2.45) is 0 Å². The Balaban J connectivity index is 1.58. The molecule has 2 heterocycles. The summed E-state index contributed by atoms with van der Waals surface area (Å²) in [5.41, 5.74) is -0.207. The summed E-state index contributed by atoms with van der Waals surface area (Å²) in [7, 11) is 0. The Hall–Kier alpha value is -2.08. The summed E-state index contributed by atoms with van der Waals surface area (Å²) >= 11 is 0. The van der Waals surface area contributed by atoms with E-state index in [1.807, 2.05) is 52.0 Å². The Kier molecular flexibility index (Phi) is 15.0. The normalized spacial score (nSPS) is 20.6. The van der Waals surface area contributed by atoms with Crippen LogP contribution in [-0.4, -0.2) is 82.2 Å². The maximum atomic E-state index is 13.2. The maximum absolute atomic E-state index is 13.2.